The quantitative estimate of drug-likeness (QED) is 0.776. The summed E-state index contributed by atoms with van der Waals surface area (Å²) >= 11 is 1.40. The number of rotatable bonds is 4. The van der Waals surface area contributed by atoms with Gasteiger partial charge in [-0.1, -0.05) is 12.1 Å². The van der Waals surface area contributed by atoms with E-state index in [1.165, 1.54) is 11.3 Å². The molecule has 3 aromatic rings. The van der Waals surface area contributed by atoms with Gasteiger partial charge in [0.25, 0.3) is 5.91 Å². The van der Waals surface area contributed by atoms with E-state index in [1.807, 2.05) is 52.7 Å². The Kier molecular flexibility index (Phi) is 3.85. The van der Waals surface area contributed by atoms with Crippen molar-refractivity contribution in [2.24, 2.45) is 0 Å². The third-order valence-corrected chi connectivity index (χ3v) is 4.00. The predicted molar refractivity (Wildman–Crippen MR) is 84.0 cm³/mol. The first-order valence-electron chi connectivity index (χ1n) is 6.50. The highest BCUT2D eigenvalue weighted by atomic mass is 32.1. The van der Waals surface area contributed by atoms with Crippen LogP contribution in [0.4, 0.5) is 5.69 Å². The molecular weight excluding hydrogens is 284 g/mol. The molecule has 106 valence electrons. The van der Waals surface area contributed by atoms with E-state index >= 15 is 0 Å². The zero-order valence-electron chi connectivity index (χ0n) is 11.2. The third kappa shape index (κ3) is 2.89. The third-order valence-electron chi connectivity index (χ3n) is 3.10. The standard InChI is InChI=1S/C16H14N2O2S/c19-11-12-4-3-5-13(10-12)17-16(20)15-14(6-9-21-15)18-7-1-2-8-18/h1-10,19H,11H2,(H,17,20). The van der Waals surface area contributed by atoms with Gasteiger partial charge in [-0.3, -0.25) is 4.79 Å². The lowest BCUT2D eigenvalue weighted by Gasteiger charge is -2.08. The van der Waals surface area contributed by atoms with Gasteiger partial charge in [0, 0.05) is 18.1 Å². The van der Waals surface area contributed by atoms with Crippen LogP contribution in [-0.2, 0) is 6.61 Å². The van der Waals surface area contributed by atoms with Crippen LogP contribution in [0.2, 0.25) is 0 Å². The average molecular weight is 298 g/mol. The molecule has 2 N–H and O–H groups in total. The van der Waals surface area contributed by atoms with Gasteiger partial charge in [-0.25, -0.2) is 0 Å². The molecule has 1 amide bonds. The first-order chi connectivity index (χ1) is 10.3. The van der Waals surface area contributed by atoms with E-state index < -0.39 is 0 Å². The summed E-state index contributed by atoms with van der Waals surface area (Å²) in [6.45, 7) is -0.0443. The monoisotopic (exact) mass is 298 g/mol. The fraction of sp³-hybridized carbons (Fsp3) is 0.0625. The van der Waals surface area contributed by atoms with Crippen molar-refractivity contribution in [1.29, 1.82) is 0 Å². The number of aliphatic hydroxyl groups is 1. The lowest BCUT2D eigenvalue weighted by atomic mass is 10.2. The van der Waals surface area contributed by atoms with Crippen LogP contribution < -0.4 is 5.32 Å². The number of benzene rings is 1. The minimum atomic E-state index is -0.149. The summed E-state index contributed by atoms with van der Waals surface area (Å²) in [7, 11) is 0. The summed E-state index contributed by atoms with van der Waals surface area (Å²) < 4.78 is 1.91. The second-order valence-corrected chi connectivity index (χ2v) is 5.45. The normalized spacial score (nSPS) is 10.5. The Bertz CT molecular complexity index is 747. The molecule has 3 rings (SSSR count). The van der Waals surface area contributed by atoms with E-state index in [2.05, 4.69) is 5.32 Å². The molecule has 0 radical (unpaired) electrons. The highest BCUT2D eigenvalue weighted by molar-refractivity contribution is 7.12. The predicted octanol–water partition coefficient (Wildman–Crippen LogP) is 3.28. The van der Waals surface area contributed by atoms with Gasteiger partial charge < -0.3 is 15.0 Å². The van der Waals surface area contributed by atoms with Crippen LogP contribution in [0.3, 0.4) is 0 Å². The van der Waals surface area contributed by atoms with Crippen LogP contribution in [0.5, 0.6) is 0 Å². The lowest BCUT2D eigenvalue weighted by molar-refractivity contribution is 0.103. The van der Waals surface area contributed by atoms with E-state index in [4.69, 9.17) is 5.11 Å². The van der Waals surface area contributed by atoms with E-state index in [-0.39, 0.29) is 12.5 Å². The lowest BCUT2D eigenvalue weighted by Crippen LogP contribution is -2.12. The van der Waals surface area contributed by atoms with Crippen LogP contribution in [-0.4, -0.2) is 15.6 Å². The molecule has 5 heteroatoms. The molecule has 2 aromatic heterocycles. The fourth-order valence-corrected chi connectivity index (χ4v) is 2.89. The van der Waals surface area contributed by atoms with Crippen molar-refractivity contribution in [3.05, 3.63) is 70.7 Å². The van der Waals surface area contributed by atoms with Gasteiger partial charge in [-0.2, -0.15) is 0 Å². The molecule has 4 nitrogen and oxygen atoms in total. The second-order valence-electron chi connectivity index (χ2n) is 4.54. The Morgan fingerprint density at radius 1 is 1.19 bits per heavy atom. The molecule has 0 unspecified atom stereocenters. The van der Waals surface area contributed by atoms with Gasteiger partial charge in [0.2, 0.25) is 0 Å². The number of anilines is 1. The van der Waals surface area contributed by atoms with Crippen molar-refractivity contribution in [3.63, 3.8) is 0 Å². The highest BCUT2D eigenvalue weighted by Crippen LogP contribution is 2.23. The van der Waals surface area contributed by atoms with Gasteiger partial charge in [0.15, 0.2) is 0 Å². The molecule has 0 aliphatic rings. The molecule has 0 saturated carbocycles. The van der Waals surface area contributed by atoms with Gasteiger partial charge in [-0.15, -0.1) is 11.3 Å². The number of amides is 1. The van der Waals surface area contributed by atoms with Crippen molar-refractivity contribution in [3.8, 4) is 5.69 Å². The molecule has 0 atom stereocenters. The average Bonchev–Trinajstić information content (AvgIpc) is 3.18. The van der Waals surface area contributed by atoms with E-state index in [1.54, 1.807) is 12.1 Å². The molecule has 0 spiro atoms. The summed E-state index contributed by atoms with van der Waals surface area (Å²) in [6.07, 6.45) is 3.82. The van der Waals surface area contributed by atoms with Crippen molar-refractivity contribution in [2.75, 3.05) is 5.32 Å². The maximum Gasteiger partial charge on any atom is 0.267 e. The van der Waals surface area contributed by atoms with Crippen LogP contribution >= 0.6 is 11.3 Å². The molecule has 0 aliphatic heterocycles. The van der Waals surface area contributed by atoms with Gasteiger partial charge in [0.05, 0.1) is 12.3 Å². The van der Waals surface area contributed by atoms with E-state index in [0.29, 0.717) is 10.6 Å². The number of aliphatic hydroxyl groups excluding tert-OH is 1. The molecule has 0 aliphatic carbocycles. The Balaban J connectivity index is 1.85. The van der Waals surface area contributed by atoms with E-state index in [0.717, 1.165) is 11.3 Å². The number of carbonyl (C=O) groups excluding carboxylic acids is 1. The fourth-order valence-electron chi connectivity index (χ4n) is 2.11. The van der Waals surface area contributed by atoms with Crippen molar-refractivity contribution >= 4 is 22.9 Å². The number of nitrogens with zero attached hydrogens (tertiary/aromatic N) is 1. The van der Waals surface area contributed by atoms with Crippen molar-refractivity contribution < 1.29 is 9.90 Å². The van der Waals surface area contributed by atoms with Crippen LogP contribution in [0, 0.1) is 0 Å². The second kappa shape index (κ2) is 5.95. The van der Waals surface area contributed by atoms with Crippen LogP contribution in [0.15, 0.2) is 60.2 Å². The molecule has 2 heterocycles. The van der Waals surface area contributed by atoms with Crippen LogP contribution in [0.1, 0.15) is 15.2 Å². The van der Waals surface area contributed by atoms with Crippen molar-refractivity contribution in [2.45, 2.75) is 6.61 Å². The Morgan fingerprint density at radius 2 is 2.00 bits per heavy atom. The van der Waals surface area contributed by atoms with Gasteiger partial charge >= 0.3 is 0 Å². The van der Waals surface area contributed by atoms with Gasteiger partial charge in [-0.05, 0) is 41.3 Å². The number of hydrogen-bond donors (Lipinski definition) is 2. The Hall–Kier alpha value is -2.37. The van der Waals surface area contributed by atoms with Gasteiger partial charge in [0.1, 0.15) is 4.88 Å². The summed E-state index contributed by atoms with van der Waals surface area (Å²) in [4.78, 5) is 13.1. The first-order valence-corrected chi connectivity index (χ1v) is 7.38. The molecule has 1 aromatic carbocycles. The molecule has 21 heavy (non-hydrogen) atoms. The number of thiophene rings is 1. The molecule has 0 fully saturated rings. The molecule has 0 saturated heterocycles. The Morgan fingerprint density at radius 3 is 2.76 bits per heavy atom. The number of nitrogens with one attached hydrogen (secondary N) is 1. The summed E-state index contributed by atoms with van der Waals surface area (Å²) in [5.74, 6) is -0.149. The topological polar surface area (TPSA) is 54.3 Å². The first kappa shape index (κ1) is 13.6. The number of aromatic nitrogens is 1. The van der Waals surface area contributed by atoms with Crippen molar-refractivity contribution in [1.82, 2.24) is 4.57 Å². The zero-order chi connectivity index (χ0) is 14.7. The Labute approximate surface area is 126 Å². The van der Waals surface area contributed by atoms with Crippen LogP contribution in [0.25, 0.3) is 5.69 Å². The van der Waals surface area contributed by atoms with E-state index in [9.17, 15) is 4.79 Å². The number of carbonyl (C=O) groups is 1. The summed E-state index contributed by atoms with van der Waals surface area (Å²) in [5.41, 5.74) is 2.31. The number of hydrogen-bond acceptors (Lipinski definition) is 3. The maximum atomic E-state index is 12.4. The smallest absolute Gasteiger partial charge is 0.267 e. The summed E-state index contributed by atoms with van der Waals surface area (Å²) in [5, 5.41) is 13.9. The SMILES string of the molecule is O=C(Nc1cccc(CO)c1)c1sccc1-n1cccc1. The molecular formula is C16H14N2O2S. The minimum absolute atomic E-state index is 0.0443. The molecule has 0 bridgehead atoms. The minimum Gasteiger partial charge on any atom is -0.392 e. The largest absolute Gasteiger partial charge is 0.392 e. The maximum absolute atomic E-state index is 12.4. The summed E-state index contributed by atoms with van der Waals surface area (Å²) in [6, 6.07) is 13.0. The zero-order valence-corrected chi connectivity index (χ0v) is 12.0. The highest BCUT2D eigenvalue weighted by Gasteiger charge is 2.14.